The van der Waals surface area contributed by atoms with Gasteiger partial charge in [0, 0.05) is 24.9 Å². The number of aromatic nitrogens is 1. The van der Waals surface area contributed by atoms with Gasteiger partial charge in [-0.3, -0.25) is 4.79 Å². The molecule has 8 nitrogen and oxygen atoms in total. The molecule has 2 fully saturated rings. The van der Waals surface area contributed by atoms with Crippen LogP contribution in [-0.4, -0.2) is 47.4 Å². The molecule has 1 aliphatic heterocycles. The zero-order valence-corrected chi connectivity index (χ0v) is 23.0. The predicted molar refractivity (Wildman–Crippen MR) is 147 cm³/mol. The Bertz CT molecular complexity index is 1130. The summed E-state index contributed by atoms with van der Waals surface area (Å²) >= 11 is 6.53. The van der Waals surface area contributed by atoms with Crippen LogP contribution in [0.3, 0.4) is 0 Å². The van der Waals surface area contributed by atoms with Crippen molar-refractivity contribution in [3.63, 3.8) is 0 Å². The molecule has 2 amide bonds. The van der Waals surface area contributed by atoms with E-state index in [0.717, 1.165) is 55.1 Å². The average molecular weight is 531 g/mol. The molecule has 1 atom stereocenters. The number of unbranched alkanes of at least 4 members (excludes halogenated alkanes) is 1. The molecule has 202 valence electrons. The highest BCUT2D eigenvalue weighted by molar-refractivity contribution is 6.34. The summed E-state index contributed by atoms with van der Waals surface area (Å²) in [5.41, 5.74) is 1.46. The Morgan fingerprint density at radius 2 is 1.95 bits per heavy atom. The quantitative estimate of drug-likeness (QED) is 0.330. The Kier molecular flexibility index (Phi) is 8.49. The van der Waals surface area contributed by atoms with Gasteiger partial charge in [-0.1, -0.05) is 43.1 Å². The number of hydrogen-bond donors (Lipinski definition) is 3. The molecule has 0 bridgehead atoms. The van der Waals surface area contributed by atoms with Crippen LogP contribution >= 0.6 is 11.6 Å². The molecule has 0 radical (unpaired) electrons. The first kappa shape index (κ1) is 27.5. The van der Waals surface area contributed by atoms with E-state index in [0.29, 0.717) is 31.1 Å². The number of hydrogen-bond acceptors (Lipinski definition) is 6. The van der Waals surface area contributed by atoms with Crippen LogP contribution in [0.2, 0.25) is 5.15 Å². The first-order chi connectivity index (χ1) is 17.6. The molecule has 3 N–H and O–H groups in total. The Morgan fingerprint density at radius 1 is 1.19 bits per heavy atom. The summed E-state index contributed by atoms with van der Waals surface area (Å²) in [6.07, 6.45) is 5.70. The van der Waals surface area contributed by atoms with Crippen LogP contribution in [0.1, 0.15) is 72.6 Å². The SMILES string of the molecule is CCCCC(=O)Nc1c(Cl)nc2ccccc2c1NCC1CCC2(CC(CNC(=O)OC(C)(C)C)C2)O1. The minimum atomic E-state index is -0.498. The monoisotopic (exact) mass is 530 g/mol. The number of para-hydroxylation sites is 1. The van der Waals surface area contributed by atoms with Crippen molar-refractivity contribution in [3.05, 3.63) is 29.4 Å². The van der Waals surface area contributed by atoms with E-state index in [2.05, 4.69) is 27.9 Å². The number of halogens is 1. The van der Waals surface area contributed by atoms with Crippen LogP contribution in [0.15, 0.2) is 24.3 Å². The van der Waals surface area contributed by atoms with Gasteiger partial charge in [0.2, 0.25) is 5.91 Å². The van der Waals surface area contributed by atoms with E-state index in [4.69, 9.17) is 21.1 Å². The number of carbonyl (C=O) groups is 2. The topological polar surface area (TPSA) is 102 Å². The van der Waals surface area contributed by atoms with E-state index >= 15 is 0 Å². The minimum Gasteiger partial charge on any atom is -0.444 e. The van der Waals surface area contributed by atoms with Crippen LogP contribution in [-0.2, 0) is 14.3 Å². The van der Waals surface area contributed by atoms with Crippen LogP contribution in [0, 0.1) is 5.92 Å². The summed E-state index contributed by atoms with van der Waals surface area (Å²) < 4.78 is 11.8. The fourth-order valence-corrected chi connectivity index (χ4v) is 5.49. The summed E-state index contributed by atoms with van der Waals surface area (Å²) in [6, 6.07) is 7.76. The molecule has 1 aromatic heterocycles. The van der Waals surface area contributed by atoms with Gasteiger partial charge in [0.1, 0.15) is 11.3 Å². The van der Waals surface area contributed by atoms with E-state index in [-0.39, 0.29) is 28.9 Å². The Hall–Kier alpha value is -2.58. The van der Waals surface area contributed by atoms with Crippen molar-refractivity contribution in [1.82, 2.24) is 10.3 Å². The van der Waals surface area contributed by atoms with Gasteiger partial charge >= 0.3 is 6.09 Å². The normalized spacial score (nSPS) is 23.1. The third-order valence-corrected chi connectivity index (χ3v) is 7.24. The number of benzene rings is 1. The lowest BCUT2D eigenvalue weighted by Crippen LogP contribution is -2.49. The van der Waals surface area contributed by atoms with Gasteiger partial charge in [0.05, 0.1) is 22.9 Å². The second kappa shape index (κ2) is 11.4. The van der Waals surface area contributed by atoms with Crippen molar-refractivity contribution in [2.24, 2.45) is 5.92 Å². The second-order valence-corrected chi connectivity index (χ2v) is 11.7. The molecular weight excluding hydrogens is 492 g/mol. The molecule has 2 heterocycles. The molecule has 1 spiro atoms. The third kappa shape index (κ3) is 7.05. The lowest BCUT2D eigenvalue weighted by molar-refractivity contribution is -0.116. The molecule has 4 rings (SSSR count). The average Bonchev–Trinajstić information content (AvgIpc) is 3.24. The Labute approximate surface area is 224 Å². The van der Waals surface area contributed by atoms with Crippen LogP contribution in [0.25, 0.3) is 10.9 Å². The fraction of sp³-hybridized carbons (Fsp3) is 0.607. The van der Waals surface area contributed by atoms with E-state index in [1.807, 2.05) is 45.0 Å². The number of pyridine rings is 1. The zero-order valence-electron chi connectivity index (χ0n) is 22.3. The molecule has 2 aromatic rings. The molecular formula is C28H39ClN4O4. The first-order valence-corrected chi connectivity index (χ1v) is 13.7. The number of nitrogens with zero attached hydrogens (tertiary/aromatic N) is 1. The minimum absolute atomic E-state index is 0.0501. The number of alkyl carbamates (subject to hydrolysis) is 1. The highest BCUT2D eigenvalue weighted by Gasteiger charge is 2.50. The number of amides is 2. The molecule has 2 aliphatic rings. The maximum atomic E-state index is 12.5. The number of anilines is 2. The third-order valence-electron chi connectivity index (χ3n) is 6.97. The van der Waals surface area contributed by atoms with Crippen molar-refractivity contribution in [3.8, 4) is 0 Å². The smallest absolute Gasteiger partial charge is 0.407 e. The molecule has 1 unspecified atom stereocenters. The molecule has 1 saturated heterocycles. The summed E-state index contributed by atoms with van der Waals surface area (Å²) in [6.45, 7) is 8.84. The number of rotatable bonds is 9. The van der Waals surface area contributed by atoms with Crippen LogP contribution in [0.4, 0.5) is 16.2 Å². The molecule has 1 aliphatic carbocycles. The molecule has 1 saturated carbocycles. The largest absolute Gasteiger partial charge is 0.444 e. The van der Waals surface area contributed by atoms with Crippen molar-refractivity contribution < 1.29 is 19.1 Å². The Morgan fingerprint density at radius 3 is 2.68 bits per heavy atom. The lowest BCUT2D eigenvalue weighted by Gasteiger charge is -2.45. The summed E-state index contributed by atoms with van der Waals surface area (Å²) in [5.74, 6) is 0.326. The van der Waals surface area contributed by atoms with Crippen molar-refractivity contribution in [1.29, 1.82) is 0 Å². The molecule has 37 heavy (non-hydrogen) atoms. The van der Waals surface area contributed by atoms with E-state index in [9.17, 15) is 9.59 Å². The van der Waals surface area contributed by atoms with Gasteiger partial charge in [-0.05, 0) is 64.9 Å². The van der Waals surface area contributed by atoms with E-state index < -0.39 is 5.60 Å². The maximum Gasteiger partial charge on any atom is 0.407 e. The van der Waals surface area contributed by atoms with Gasteiger partial charge in [0.15, 0.2) is 5.15 Å². The van der Waals surface area contributed by atoms with Gasteiger partial charge in [-0.15, -0.1) is 0 Å². The van der Waals surface area contributed by atoms with Crippen molar-refractivity contribution in [2.45, 2.75) is 89.9 Å². The molecule has 1 aromatic carbocycles. The van der Waals surface area contributed by atoms with E-state index in [1.165, 1.54) is 0 Å². The van der Waals surface area contributed by atoms with Crippen molar-refractivity contribution in [2.75, 3.05) is 23.7 Å². The first-order valence-electron chi connectivity index (χ1n) is 13.3. The standard InChI is InChI=1S/C28H39ClN4O4/c1-5-6-11-22(34)33-24-23(20-9-7-8-10-21(20)32-25(24)29)30-17-19-12-13-28(36-19)14-18(15-28)16-31-26(35)37-27(2,3)4/h7-10,18-19H,5-6,11-17H2,1-4H3,(H,30,32)(H,31,35)(H,33,34). The van der Waals surface area contributed by atoms with E-state index in [1.54, 1.807) is 0 Å². The van der Waals surface area contributed by atoms with Gasteiger partial charge < -0.3 is 25.4 Å². The van der Waals surface area contributed by atoms with Gasteiger partial charge in [0.25, 0.3) is 0 Å². The van der Waals surface area contributed by atoms with Crippen LogP contribution < -0.4 is 16.0 Å². The predicted octanol–water partition coefficient (Wildman–Crippen LogP) is 6.28. The number of carbonyl (C=O) groups excluding carboxylic acids is 2. The summed E-state index contributed by atoms with van der Waals surface area (Å²) in [5, 5.41) is 10.6. The number of ether oxygens (including phenoxy) is 2. The summed E-state index contributed by atoms with van der Waals surface area (Å²) in [4.78, 5) is 28.9. The van der Waals surface area contributed by atoms with Crippen LogP contribution in [0.5, 0.6) is 0 Å². The highest BCUT2D eigenvalue weighted by atomic mass is 35.5. The number of nitrogens with one attached hydrogen (secondary N) is 3. The maximum absolute atomic E-state index is 12.5. The highest BCUT2D eigenvalue weighted by Crippen LogP contribution is 2.49. The fourth-order valence-electron chi connectivity index (χ4n) is 5.25. The number of fused-ring (bicyclic) bond motifs is 1. The summed E-state index contributed by atoms with van der Waals surface area (Å²) in [7, 11) is 0. The molecule has 9 heteroatoms. The van der Waals surface area contributed by atoms with Gasteiger partial charge in [-0.2, -0.15) is 0 Å². The zero-order chi connectivity index (χ0) is 26.6. The Balaban J connectivity index is 1.35. The van der Waals surface area contributed by atoms with Crippen molar-refractivity contribution >= 4 is 45.9 Å². The second-order valence-electron chi connectivity index (χ2n) is 11.3. The lowest BCUT2D eigenvalue weighted by atomic mass is 9.69. The van der Waals surface area contributed by atoms with Gasteiger partial charge in [-0.25, -0.2) is 9.78 Å².